The Hall–Kier alpha value is -2.10. The second kappa shape index (κ2) is 4.64. The zero-order valence-corrected chi connectivity index (χ0v) is 9.24. The lowest BCUT2D eigenvalue weighted by Gasteiger charge is -2.06. The normalized spacial score (nSPS) is 17.5. The Kier molecular flexibility index (Phi) is 3.19. The molecule has 1 aromatic rings. The lowest BCUT2D eigenvalue weighted by atomic mass is 10.0. The van der Waals surface area contributed by atoms with Crippen LogP contribution in [0.4, 0.5) is 13.2 Å². The molecule has 18 heavy (non-hydrogen) atoms. The van der Waals surface area contributed by atoms with Gasteiger partial charge in [-0.2, -0.15) is 13.2 Å². The van der Waals surface area contributed by atoms with Gasteiger partial charge in [-0.05, 0) is 29.8 Å². The molecule has 2 rings (SSSR count). The molecule has 0 bridgehead atoms. The van der Waals surface area contributed by atoms with Gasteiger partial charge >= 0.3 is 6.18 Å². The fourth-order valence-corrected chi connectivity index (χ4v) is 1.55. The van der Waals surface area contributed by atoms with E-state index >= 15 is 0 Å². The first-order valence-corrected chi connectivity index (χ1v) is 5.25. The Labute approximate surface area is 102 Å². The highest BCUT2D eigenvalue weighted by atomic mass is 19.4. The SMILES string of the molecule is O=C1C=CC=C/C1=C/c1ccc(C(F)(F)F)cc1. The molecule has 92 valence electrons. The molecule has 0 N–H and O–H groups in total. The van der Waals surface area contributed by atoms with Crippen molar-refractivity contribution in [3.8, 4) is 0 Å². The third kappa shape index (κ3) is 2.77. The van der Waals surface area contributed by atoms with Gasteiger partial charge in [0.2, 0.25) is 0 Å². The van der Waals surface area contributed by atoms with Crippen molar-refractivity contribution in [2.45, 2.75) is 6.18 Å². The van der Waals surface area contributed by atoms with E-state index in [1.54, 1.807) is 24.3 Å². The second-order valence-corrected chi connectivity index (χ2v) is 3.80. The van der Waals surface area contributed by atoms with Crippen LogP contribution in [0.5, 0.6) is 0 Å². The average Bonchev–Trinajstić information content (AvgIpc) is 2.32. The quantitative estimate of drug-likeness (QED) is 0.693. The molecule has 0 fully saturated rings. The molecule has 0 amide bonds. The number of rotatable bonds is 1. The van der Waals surface area contributed by atoms with Crippen LogP contribution in [0.2, 0.25) is 0 Å². The summed E-state index contributed by atoms with van der Waals surface area (Å²) in [4.78, 5) is 11.4. The van der Waals surface area contributed by atoms with Crippen molar-refractivity contribution in [1.29, 1.82) is 0 Å². The lowest BCUT2D eigenvalue weighted by Crippen LogP contribution is -2.04. The molecule has 4 heteroatoms. The van der Waals surface area contributed by atoms with Crippen LogP contribution >= 0.6 is 0 Å². The monoisotopic (exact) mass is 250 g/mol. The van der Waals surface area contributed by atoms with E-state index < -0.39 is 11.7 Å². The second-order valence-electron chi connectivity index (χ2n) is 3.80. The van der Waals surface area contributed by atoms with Gasteiger partial charge in [0.15, 0.2) is 5.78 Å². The zero-order valence-electron chi connectivity index (χ0n) is 9.24. The Morgan fingerprint density at radius 2 is 1.56 bits per heavy atom. The maximum atomic E-state index is 12.4. The number of halogens is 3. The van der Waals surface area contributed by atoms with Gasteiger partial charge in [-0.1, -0.05) is 30.4 Å². The number of carbonyl (C=O) groups excluding carboxylic acids is 1. The van der Waals surface area contributed by atoms with E-state index in [4.69, 9.17) is 0 Å². The third-order valence-corrected chi connectivity index (χ3v) is 2.48. The van der Waals surface area contributed by atoms with Crippen molar-refractivity contribution < 1.29 is 18.0 Å². The summed E-state index contributed by atoms with van der Waals surface area (Å²) in [5.74, 6) is -0.155. The summed E-state index contributed by atoms with van der Waals surface area (Å²) >= 11 is 0. The fourth-order valence-electron chi connectivity index (χ4n) is 1.55. The summed E-state index contributed by atoms with van der Waals surface area (Å²) in [6, 6.07) is 4.68. The first-order chi connectivity index (χ1) is 8.47. The summed E-state index contributed by atoms with van der Waals surface area (Å²) in [5, 5.41) is 0. The summed E-state index contributed by atoms with van der Waals surface area (Å²) in [5.41, 5.74) is 0.318. The Morgan fingerprint density at radius 3 is 2.11 bits per heavy atom. The highest BCUT2D eigenvalue weighted by Crippen LogP contribution is 2.29. The number of benzene rings is 1. The largest absolute Gasteiger partial charge is 0.416 e. The predicted octanol–water partition coefficient (Wildman–Crippen LogP) is 3.78. The van der Waals surface area contributed by atoms with Crippen molar-refractivity contribution in [2.24, 2.45) is 0 Å². The summed E-state index contributed by atoms with van der Waals surface area (Å²) in [6.07, 6.45) is 3.58. The Balaban J connectivity index is 2.26. The minimum Gasteiger partial charge on any atom is -0.289 e. The molecule has 0 spiro atoms. The topological polar surface area (TPSA) is 17.1 Å². The molecule has 1 aliphatic carbocycles. The van der Waals surface area contributed by atoms with Crippen LogP contribution in [0.25, 0.3) is 6.08 Å². The molecule has 0 saturated heterocycles. The molecule has 0 atom stereocenters. The molecular formula is C14H9F3O. The van der Waals surface area contributed by atoms with Gasteiger partial charge in [0.25, 0.3) is 0 Å². The summed E-state index contributed by atoms with van der Waals surface area (Å²) < 4.78 is 37.1. The highest BCUT2D eigenvalue weighted by molar-refractivity contribution is 6.10. The van der Waals surface area contributed by atoms with Crippen LogP contribution in [0.3, 0.4) is 0 Å². The van der Waals surface area contributed by atoms with Crippen LogP contribution in [0.15, 0.2) is 54.1 Å². The van der Waals surface area contributed by atoms with E-state index in [9.17, 15) is 18.0 Å². The van der Waals surface area contributed by atoms with Gasteiger partial charge in [-0.25, -0.2) is 0 Å². The first-order valence-electron chi connectivity index (χ1n) is 5.25. The van der Waals surface area contributed by atoms with Crippen LogP contribution in [0.1, 0.15) is 11.1 Å². The standard InChI is InChI=1S/C14H9F3O/c15-14(16,17)12-7-5-10(6-8-12)9-11-3-1-2-4-13(11)18/h1-9H/b11-9-. The molecule has 0 radical (unpaired) electrons. The number of carbonyl (C=O) groups is 1. The van der Waals surface area contributed by atoms with E-state index in [2.05, 4.69) is 0 Å². The molecule has 1 aliphatic rings. The smallest absolute Gasteiger partial charge is 0.289 e. The van der Waals surface area contributed by atoms with E-state index in [1.807, 2.05) is 0 Å². The molecule has 1 nitrogen and oxygen atoms in total. The summed E-state index contributed by atoms with van der Waals surface area (Å²) in [6.45, 7) is 0. The summed E-state index contributed by atoms with van der Waals surface area (Å²) in [7, 11) is 0. The molecule has 0 aliphatic heterocycles. The van der Waals surface area contributed by atoms with E-state index in [0.717, 1.165) is 12.1 Å². The minimum atomic E-state index is -4.34. The van der Waals surface area contributed by atoms with Crippen molar-refractivity contribution in [3.05, 3.63) is 65.3 Å². The van der Waals surface area contributed by atoms with Gasteiger partial charge in [0.1, 0.15) is 0 Å². The van der Waals surface area contributed by atoms with Crippen LogP contribution in [0, 0.1) is 0 Å². The number of ketones is 1. The van der Waals surface area contributed by atoms with Crippen molar-refractivity contribution in [3.63, 3.8) is 0 Å². The van der Waals surface area contributed by atoms with Crippen LogP contribution < -0.4 is 0 Å². The molecule has 0 heterocycles. The van der Waals surface area contributed by atoms with Crippen LogP contribution in [-0.4, -0.2) is 5.78 Å². The maximum Gasteiger partial charge on any atom is 0.416 e. The predicted molar refractivity (Wildman–Crippen MR) is 62.7 cm³/mol. The van der Waals surface area contributed by atoms with Crippen LogP contribution in [-0.2, 0) is 11.0 Å². The number of hydrogen-bond donors (Lipinski definition) is 0. The van der Waals surface area contributed by atoms with Gasteiger partial charge in [0.05, 0.1) is 5.56 Å². The van der Waals surface area contributed by atoms with Gasteiger partial charge in [0, 0.05) is 5.57 Å². The van der Waals surface area contributed by atoms with E-state index in [0.29, 0.717) is 11.1 Å². The fraction of sp³-hybridized carbons (Fsp3) is 0.0714. The molecular weight excluding hydrogens is 241 g/mol. The van der Waals surface area contributed by atoms with Gasteiger partial charge < -0.3 is 0 Å². The number of alkyl halides is 3. The lowest BCUT2D eigenvalue weighted by molar-refractivity contribution is -0.137. The first kappa shape index (κ1) is 12.4. The minimum absolute atomic E-state index is 0.155. The maximum absolute atomic E-state index is 12.4. The molecule has 1 aromatic carbocycles. The Morgan fingerprint density at radius 1 is 0.944 bits per heavy atom. The molecule has 0 unspecified atom stereocenters. The van der Waals surface area contributed by atoms with Crippen molar-refractivity contribution in [2.75, 3.05) is 0 Å². The Bertz CT molecular complexity index is 545. The van der Waals surface area contributed by atoms with Crippen molar-refractivity contribution >= 4 is 11.9 Å². The molecule has 0 aromatic heterocycles. The highest BCUT2D eigenvalue weighted by Gasteiger charge is 2.29. The van der Waals surface area contributed by atoms with E-state index in [-0.39, 0.29) is 5.78 Å². The van der Waals surface area contributed by atoms with E-state index in [1.165, 1.54) is 18.2 Å². The number of hydrogen-bond acceptors (Lipinski definition) is 1. The number of allylic oxidation sites excluding steroid dienone is 5. The molecule has 0 saturated carbocycles. The van der Waals surface area contributed by atoms with Gasteiger partial charge in [-0.3, -0.25) is 4.79 Å². The average molecular weight is 250 g/mol. The van der Waals surface area contributed by atoms with Crippen molar-refractivity contribution in [1.82, 2.24) is 0 Å². The van der Waals surface area contributed by atoms with Gasteiger partial charge in [-0.15, -0.1) is 0 Å². The zero-order chi connectivity index (χ0) is 13.2. The third-order valence-electron chi connectivity index (χ3n) is 2.48.